The highest BCUT2D eigenvalue weighted by Crippen LogP contribution is 2.25. The molecule has 0 spiro atoms. The van der Waals surface area contributed by atoms with E-state index < -0.39 is 0 Å². The summed E-state index contributed by atoms with van der Waals surface area (Å²) in [6.45, 7) is 7.75. The second-order valence-corrected chi connectivity index (χ2v) is 4.02. The Hall–Kier alpha value is -1.96. The van der Waals surface area contributed by atoms with Crippen LogP contribution in [0.2, 0.25) is 0 Å². The maximum Gasteiger partial charge on any atom is 0.0388 e. The molecule has 0 saturated carbocycles. The van der Waals surface area contributed by atoms with Gasteiger partial charge in [0, 0.05) is 22.5 Å². The van der Waals surface area contributed by atoms with Gasteiger partial charge in [0.15, 0.2) is 0 Å². The van der Waals surface area contributed by atoms with E-state index in [1.165, 1.54) is 0 Å². The van der Waals surface area contributed by atoms with Gasteiger partial charge in [-0.15, -0.1) is 0 Å². The van der Waals surface area contributed by atoms with E-state index in [0.717, 1.165) is 16.8 Å². The largest absolute Gasteiger partial charge is 0.398 e. The second kappa shape index (κ2) is 5.94. The minimum absolute atomic E-state index is 0.305. The molecular formula is C15H20N2. The Labute approximate surface area is 103 Å². The van der Waals surface area contributed by atoms with Crippen LogP contribution >= 0.6 is 0 Å². The molecule has 90 valence electrons. The molecule has 1 unspecified atom stereocenters. The summed E-state index contributed by atoms with van der Waals surface area (Å²) in [7, 11) is 0. The lowest BCUT2D eigenvalue weighted by Gasteiger charge is -2.09. The van der Waals surface area contributed by atoms with Crippen molar-refractivity contribution in [3.63, 3.8) is 0 Å². The predicted molar refractivity (Wildman–Crippen MR) is 74.9 cm³/mol. The van der Waals surface area contributed by atoms with Crippen molar-refractivity contribution in [3.05, 3.63) is 71.7 Å². The number of nitrogens with two attached hydrogens (primary N) is 2. The molecule has 0 heterocycles. The lowest BCUT2D eigenvalue weighted by Crippen LogP contribution is -2.07. The molecule has 1 rings (SSSR count). The van der Waals surface area contributed by atoms with Gasteiger partial charge in [-0.3, -0.25) is 0 Å². The molecule has 4 N–H and O–H groups in total. The van der Waals surface area contributed by atoms with Crippen LogP contribution in [0, 0.1) is 5.92 Å². The average Bonchev–Trinajstić information content (AvgIpc) is 2.44. The van der Waals surface area contributed by atoms with Crippen LogP contribution in [0.1, 0.15) is 13.8 Å². The monoisotopic (exact) mass is 228 g/mol. The van der Waals surface area contributed by atoms with E-state index in [4.69, 9.17) is 11.5 Å². The second-order valence-electron chi connectivity index (χ2n) is 4.02. The first kappa shape index (κ1) is 13.1. The molecule has 0 amide bonds. The van der Waals surface area contributed by atoms with Crippen LogP contribution in [0.4, 0.5) is 0 Å². The molecule has 1 atom stereocenters. The van der Waals surface area contributed by atoms with Crippen molar-refractivity contribution in [1.82, 2.24) is 0 Å². The first-order chi connectivity index (χ1) is 8.10. The molecule has 0 radical (unpaired) electrons. The molecule has 0 saturated heterocycles. The lowest BCUT2D eigenvalue weighted by atomic mass is 10.0. The van der Waals surface area contributed by atoms with E-state index in [-0.39, 0.29) is 0 Å². The third-order valence-corrected chi connectivity index (χ3v) is 2.60. The Morgan fingerprint density at radius 1 is 1.47 bits per heavy atom. The molecule has 2 heteroatoms. The first-order valence-corrected chi connectivity index (χ1v) is 5.71. The van der Waals surface area contributed by atoms with Crippen LogP contribution in [-0.2, 0) is 0 Å². The van der Waals surface area contributed by atoms with Crippen molar-refractivity contribution < 1.29 is 0 Å². The molecule has 0 aliphatic heterocycles. The molecule has 0 aromatic carbocycles. The zero-order valence-corrected chi connectivity index (χ0v) is 10.5. The fourth-order valence-corrected chi connectivity index (χ4v) is 1.66. The Bertz CT molecular complexity index is 446. The molecule has 0 fully saturated rings. The lowest BCUT2D eigenvalue weighted by molar-refractivity contribution is 0.931. The third kappa shape index (κ3) is 3.25. The summed E-state index contributed by atoms with van der Waals surface area (Å²) in [5.74, 6) is 0.305. The number of hydrogen-bond donors (Lipinski definition) is 2. The van der Waals surface area contributed by atoms with E-state index in [1.54, 1.807) is 6.08 Å². The van der Waals surface area contributed by atoms with E-state index in [0.29, 0.717) is 11.6 Å². The normalized spacial score (nSPS) is 25.9. The van der Waals surface area contributed by atoms with Crippen LogP contribution in [0.25, 0.3) is 0 Å². The van der Waals surface area contributed by atoms with Gasteiger partial charge in [-0.25, -0.2) is 0 Å². The van der Waals surface area contributed by atoms with Crippen molar-refractivity contribution in [1.29, 1.82) is 0 Å². The zero-order valence-electron chi connectivity index (χ0n) is 10.5. The van der Waals surface area contributed by atoms with E-state index in [1.807, 2.05) is 37.3 Å². The Morgan fingerprint density at radius 3 is 2.76 bits per heavy atom. The maximum atomic E-state index is 6.09. The first-order valence-electron chi connectivity index (χ1n) is 5.71. The highest BCUT2D eigenvalue weighted by Gasteiger charge is 2.12. The average molecular weight is 228 g/mol. The molecule has 17 heavy (non-hydrogen) atoms. The summed E-state index contributed by atoms with van der Waals surface area (Å²) in [5.41, 5.74) is 15.3. The van der Waals surface area contributed by atoms with Gasteiger partial charge in [0.05, 0.1) is 0 Å². The van der Waals surface area contributed by atoms with E-state index in [9.17, 15) is 0 Å². The Balaban J connectivity index is 3.39. The quantitative estimate of drug-likeness (QED) is 0.763. The molecule has 0 aromatic heterocycles. The number of allylic oxidation sites excluding steroid dienone is 8. The van der Waals surface area contributed by atoms with Crippen molar-refractivity contribution in [3.8, 4) is 0 Å². The van der Waals surface area contributed by atoms with Crippen LogP contribution in [0.3, 0.4) is 0 Å². The minimum Gasteiger partial charge on any atom is -0.398 e. The summed E-state index contributed by atoms with van der Waals surface area (Å²) >= 11 is 0. The summed E-state index contributed by atoms with van der Waals surface area (Å²) in [5, 5.41) is 0. The van der Waals surface area contributed by atoms with Crippen LogP contribution < -0.4 is 11.5 Å². The van der Waals surface area contributed by atoms with Crippen molar-refractivity contribution in [2.75, 3.05) is 0 Å². The van der Waals surface area contributed by atoms with Gasteiger partial charge in [-0.05, 0) is 18.9 Å². The van der Waals surface area contributed by atoms with Crippen LogP contribution in [0.5, 0.6) is 0 Å². The van der Waals surface area contributed by atoms with Gasteiger partial charge in [0.1, 0.15) is 0 Å². The molecule has 0 aromatic rings. The van der Waals surface area contributed by atoms with Crippen molar-refractivity contribution in [2.24, 2.45) is 17.4 Å². The molecule has 1 aliphatic carbocycles. The van der Waals surface area contributed by atoms with Gasteiger partial charge in [0.2, 0.25) is 0 Å². The topological polar surface area (TPSA) is 52.0 Å². The molecule has 2 nitrogen and oxygen atoms in total. The SMILES string of the molecule is C=C/C(N)=C1/C=CC(C)C=C(N)/C1=C/C=C\C. The standard InChI is InChI=1S/C15H20N2/c1-4-6-7-12-13(14(16)5-2)9-8-11(3)10-15(12)17/h4-11H,2,16-17H2,1,3H3/b6-4-,12-7+,14-13+. The van der Waals surface area contributed by atoms with Crippen molar-refractivity contribution in [2.45, 2.75) is 13.8 Å². The fraction of sp³-hybridized carbons (Fsp3) is 0.200. The Kier molecular flexibility index (Phi) is 4.58. The van der Waals surface area contributed by atoms with Gasteiger partial charge < -0.3 is 11.5 Å². The summed E-state index contributed by atoms with van der Waals surface area (Å²) < 4.78 is 0. The number of rotatable bonds is 2. The molecule has 1 aliphatic rings. The highest BCUT2D eigenvalue weighted by molar-refractivity contribution is 5.57. The van der Waals surface area contributed by atoms with Gasteiger partial charge in [0.25, 0.3) is 0 Å². The van der Waals surface area contributed by atoms with Gasteiger partial charge in [-0.1, -0.05) is 50.0 Å². The van der Waals surface area contributed by atoms with Gasteiger partial charge in [-0.2, -0.15) is 0 Å². The Morgan fingerprint density at radius 2 is 2.18 bits per heavy atom. The third-order valence-electron chi connectivity index (χ3n) is 2.60. The summed E-state index contributed by atoms with van der Waals surface area (Å²) in [6.07, 6.45) is 13.6. The highest BCUT2D eigenvalue weighted by atomic mass is 14.6. The van der Waals surface area contributed by atoms with E-state index in [2.05, 4.69) is 19.6 Å². The smallest absolute Gasteiger partial charge is 0.0388 e. The molecular weight excluding hydrogens is 208 g/mol. The number of hydrogen-bond acceptors (Lipinski definition) is 2. The zero-order chi connectivity index (χ0) is 12.8. The summed E-state index contributed by atoms with van der Waals surface area (Å²) in [6, 6.07) is 0. The molecule has 0 bridgehead atoms. The van der Waals surface area contributed by atoms with Gasteiger partial charge >= 0.3 is 0 Å². The minimum atomic E-state index is 0.305. The maximum absolute atomic E-state index is 6.09. The van der Waals surface area contributed by atoms with E-state index >= 15 is 0 Å². The predicted octanol–water partition coefficient (Wildman–Crippen LogP) is 2.94. The summed E-state index contributed by atoms with van der Waals surface area (Å²) in [4.78, 5) is 0. The van der Waals surface area contributed by atoms with Crippen LogP contribution in [0.15, 0.2) is 71.7 Å². The fourth-order valence-electron chi connectivity index (χ4n) is 1.66. The van der Waals surface area contributed by atoms with Crippen molar-refractivity contribution >= 4 is 0 Å². The van der Waals surface area contributed by atoms with Crippen LogP contribution in [-0.4, -0.2) is 0 Å².